The molecule has 0 bridgehead atoms. The highest BCUT2D eigenvalue weighted by atomic mass is 16.5. The molecule has 0 unspecified atom stereocenters. The minimum absolute atomic E-state index is 0.313. The molecule has 0 heterocycles. The van der Waals surface area contributed by atoms with Crippen LogP contribution in [0, 0.1) is 12.3 Å². The minimum atomic E-state index is 0.313. The number of allylic oxidation sites excluding steroid dienone is 1. The first-order valence-electron chi connectivity index (χ1n) is 2.13. The summed E-state index contributed by atoms with van der Waals surface area (Å²) in [6.45, 7) is 3.12. The average Bonchev–Trinajstić information content (AvgIpc) is 1.88. The van der Waals surface area contributed by atoms with Crippen LogP contribution in [0.2, 0.25) is 0 Å². The molecule has 0 aromatic rings. The molecule has 4 nitrogen and oxygen atoms in total. The molecule has 48 valence electrons. The molecular formula is C5H7N3O. The summed E-state index contributed by atoms with van der Waals surface area (Å²) in [6.07, 6.45) is 6.10. The molecule has 0 atom stereocenters. The normalized spacial score (nSPS) is 9.56. The number of hydrogen-bond acceptors (Lipinski definition) is 4. The predicted molar refractivity (Wildman–Crippen MR) is 34.5 cm³/mol. The van der Waals surface area contributed by atoms with Gasteiger partial charge in [0.15, 0.2) is 0 Å². The first kappa shape index (κ1) is 7.53. The molecule has 3 N–H and O–H groups in total. The Morgan fingerprint density at radius 1 is 1.89 bits per heavy atom. The Balaban J connectivity index is 3.85. The zero-order valence-electron chi connectivity index (χ0n) is 4.76. The molecule has 9 heavy (non-hydrogen) atoms. The summed E-state index contributed by atoms with van der Waals surface area (Å²) >= 11 is 0. The fraction of sp³-hybridized carbons (Fsp3) is 0. The molecule has 0 radical (unpaired) electrons. The number of nitrogens with zero attached hydrogens (tertiary/aromatic N) is 1. The Hall–Kier alpha value is -1.47. The maximum atomic E-state index is 8.07. The number of hydroxylamine groups is 1. The molecule has 4 heteroatoms. The minimum Gasteiger partial charge on any atom is -0.292 e. The van der Waals surface area contributed by atoms with Crippen LogP contribution in [0.5, 0.6) is 0 Å². The van der Waals surface area contributed by atoms with E-state index in [1.54, 1.807) is 5.48 Å². The van der Waals surface area contributed by atoms with E-state index < -0.39 is 0 Å². The first-order valence-corrected chi connectivity index (χ1v) is 2.13. The van der Waals surface area contributed by atoms with E-state index in [0.717, 1.165) is 0 Å². The molecule has 0 aliphatic rings. The van der Waals surface area contributed by atoms with E-state index in [0.29, 0.717) is 5.70 Å². The average molecular weight is 125 g/mol. The topological polar surface area (TPSA) is 56.6 Å². The fourth-order valence-electron chi connectivity index (χ4n) is 0.256. The summed E-state index contributed by atoms with van der Waals surface area (Å²) < 4.78 is 0. The van der Waals surface area contributed by atoms with Gasteiger partial charge in [-0.1, -0.05) is 0 Å². The van der Waals surface area contributed by atoms with E-state index in [2.05, 4.69) is 23.2 Å². The molecule has 0 aliphatic heterocycles. The SMILES string of the molecule is C#C/C(=C/NO)NN=C. The highest BCUT2D eigenvalue weighted by Crippen LogP contribution is 1.79. The highest BCUT2D eigenvalue weighted by Gasteiger charge is 1.82. The van der Waals surface area contributed by atoms with E-state index in [1.165, 1.54) is 6.20 Å². The van der Waals surface area contributed by atoms with Gasteiger partial charge in [-0.3, -0.25) is 16.1 Å². The van der Waals surface area contributed by atoms with Crippen LogP contribution in [-0.4, -0.2) is 11.9 Å². The van der Waals surface area contributed by atoms with Crippen molar-refractivity contribution in [2.75, 3.05) is 0 Å². The maximum absolute atomic E-state index is 8.07. The van der Waals surface area contributed by atoms with Gasteiger partial charge in [0.1, 0.15) is 5.70 Å². The monoisotopic (exact) mass is 125 g/mol. The Kier molecular flexibility index (Phi) is 3.92. The van der Waals surface area contributed by atoms with Gasteiger partial charge in [-0.2, -0.15) is 5.10 Å². The molecule has 0 aliphatic carbocycles. The Bertz CT molecular complexity index is 156. The fourth-order valence-corrected chi connectivity index (χ4v) is 0.256. The number of hydrazone groups is 1. The van der Waals surface area contributed by atoms with Crippen LogP contribution >= 0.6 is 0 Å². The highest BCUT2D eigenvalue weighted by molar-refractivity contribution is 5.27. The van der Waals surface area contributed by atoms with E-state index in [9.17, 15) is 0 Å². The van der Waals surface area contributed by atoms with Crippen molar-refractivity contribution in [3.8, 4) is 12.3 Å². The number of terminal acetylenes is 1. The second kappa shape index (κ2) is 4.68. The molecular weight excluding hydrogens is 118 g/mol. The molecule has 0 saturated carbocycles. The second-order valence-electron chi connectivity index (χ2n) is 1.10. The third kappa shape index (κ3) is 3.14. The Morgan fingerprint density at radius 2 is 2.56 bits per heavy atom. The van der Waals surface area contributed by atoms with Crippen LogP contribution in [0.1, 0.15) is 0 Å². The van der Waals surface area contributed by atoms with Gasteiger partial charge in [0.25, 0.3) is 0 Å². The summed E-state index contributed by atoms with van der Waals surface area (Å²) in [4.78, 5) is 0. The molecule has 0 saturated heterocycles. The smallest absolute Gasteiger partial charge is 0.124 e. The van der Waals surface area contributed by atoms with E-state index >= 15 is 0 Å². The van der Waals surface area contributed by atoms with Gasteiger partial charge in [0, 0.05) is 6.72 Å². The van der Waals surface area contributed by atoms with E-state index in [-0.39, 0.29) is 0 Å². The van der Waals surface area contributed by atoms with Crippen molar-refractivity contribution in [2.45, 2.75) is 0 Å². The van der Waals surface area contributed by atoms with Crippen LogP contribution in [0.3, 0.4) is 0 Å². The second-order valence-corrected chi connectivity index (χ2v) is 1.10. The zero-order chi connectivity index (χ0) is 7.11. The third-order valence-corrected chi connectivity index (χ3v) is 0.564. The lowest BCUT2D eigenvalue weighted by Crippen LogP contribution is -2.07. The quantitative estimate of drug-likeness (QED) is 0.274. The number of nitrogens with one attached hydrogen (secondary N) is 2. The van der Waals surface area contributed by atoms with Crippen molar-refractivity contribution in [2.24, 2.45) is 5.10 Å². The largest absolute Gasteiger partial charge is 0.292 e. The lowest BCUT2D eigenvalue weighted by Gasteiger charge is -1.94. The number of hydrogen-bond donors (Lipinski definition) is 3. The summed E-state index contributed by atoms with van der Waals surface area (Å²) in [6, 6.07) is 0. The van der Waals surface area contributed by atoms with Crippen molar-refractivity contribution in [1.82, 2.24) is 10.9 Å². The summed E-state index contributed by atoms with van der Waals surface area (Å²) in [5.41, 5.74) is 4.41. The van der Waals surface area contributed by atoms with Crippen LogP contribution in [0.4, 0.5) is 0 Å². The molecule has 0 rings (SSSR count). The van der Waals surface area contributed by atoms with Gasteiger partial charge in [-0.25, -0.2) is 0 Å². The van der Waals surface area contributed by atoms with E-state index in [1.807, 2.05) is 0 Å². The standard InChI is InChI=1S/C5H7N3O/c1-3-5(4-7-9)8-6-2/h1,4,7-9H,2H2/b5-4-. The lowest BCUT2D eigenvalue weighted by atomic mass is 10.5. The van der Waals surface area contributed by atoms with Gasteiger partial charge in [-0.15, -0.1) is 6.42 Å². The lowest BCUT2D eigenvalue weighted by molar-refractivity contribution is 0.213. The van der Waals surface area contributed by atoms with Gasteiger partial charge < -0.3 is 0 Å². The maximum Gasteiger partial charge on any atom is 0.124 e. The van der Waals surface area contributed by atoms with Crippen molar-refractivity contribution >= 4 is 6.72 Å². The first-order chi connectivity index (χ1) is 4.35. The molecule has 0 aromatic heterocycles. The summed E-state index contributed by atoms with van der Waals surface area (Å²) in [5.74, 6) is 2.20. The van der Waals surface area contributed by atoms with Crippen LogP contribution in [0.25, 0.3) is 0 Å². The van der Waals surface area contributed by atoms with Crippen molar-refractivity contribution in [1.29, 1.82) is 0 Å². The third-order valence-electron chi connectivity index (χ3n) is 0.564. The van der Waals surface area contributed by atoms with Crippen molar-refractivity contribution in [3.63, 3.8) is 0 Å². The van der Waals surface area contributed by atoms with Crippen LogP contribution in [-0.2, 0) is 0 Å². The molecule has 0 amide bonds. The van der Waals surface area contributed by atoms with Gasteiger partial charge in [0.05, 0.1) is 6.20 Å². The molecule has 0 spiro atoms. The van der Waals surface area contributed by atoms with E-state index in [4.69, 9.17) is 11.6 Å². The summed E-state index contributed by atoms with van der Waals surface area (Å²) in [7, 11) is 0. The van der Waals surface area contributed by atoms with Gasteiger partial charge >= 0.3 is 0 Å². The summed E-state index contributed by atoms with van der Waals surface area (Å²) in [5, 5.41) is 11.3. The molecule has 0 aromatic carbocycles. The Morgan fingerprint density at radius 3 is 2.89 bits per heavy atom. The van der Waals surface area contributed by atoms with Crippen molar-refractivity contribution < 1.29 is 5.21 Å². The van der Waals surface area contributed by atoms with Crippen LogP contribution in [0.15, 0.2) is 17.0 Å². The zero-order valence-corrected chi connectivity index (χ0v) is 4.76. The number of rotatable bonds is 3. The van der Waals surface area contributed by atoms with Gasteiger partial charge in [-0.05, 0) is 5.92 Å². The van der Waals surface area contributed by atoms with Crippen LogP contribution < -0.4 is 10.9 Å². The Labute approximate surface area is 53.2 Å². The van der Waals surface area contributed by atoms with Crippen molar-refractivity contribution in [3.05, 3.63) is 11.9 Å². The molecule has 0 fully saturated rings. The van der Waals surface area contributed by atoms with Gasteiger partial charge in [0.2, 0.25) is 0 Å². The predicted octanol–water partition coefficient (Wildman–Crippen LogP) is -0.355.